The SMILES string of the molecule is Cc1ccc2oc(-c3ccccc3)cc(=[NH+]c3ccc(OC(=O)C4CCCCC4)cc3)c2c1.F[B-](F)(F)F. The minimum atomic E-state index is -6.00. The average Bonchev–Trinajstić information content (AvgIpc) is 2.90. The van der Waals surface area contributed by atoms with Gasteiger partial charge in [0.05, 0.1) is 17.4 Å². The number of aryl methyl sites for hydroxylation is 1. The first-order chi connectivity index (χ1) is 18.2. The smallest absolute Gasteiger partial charge is 0.456 e. The average molecular weight is 525 g/mol. The summed E-state index contributed by atoms with van der Waals surface area (Å²) in [6.45, 7) is 2.07. The van der Waals surface area contributed by atoms with Gasteiger partial charge in [-0.1, -0.05) is 61.2 Å². The molecule has 0 aliphatic heterocycles. The van der Waals surface area contributed by atoms with E-state index in [0.29, 0.717) is 5.75 Å². The van der Waals surface area contributed by atoms with Crippen LogP contribution in [0.4, 0.5) is 23.0 Å². The molecule has 9 heteroatoms. The van der Waals surface area contributed by atoms with E-state index in [1.807, 2.05) is 66.7 Å². The molecule has 1 aromatic heterocycles. The van der Waals surface area contributed by atoms with Crippen molar-refractivity contribution < 1.29 is 36.2 Å². The number of nitrogens with one attached hydrogen (secondary N) is 1. The van der Waals surface area contributed by atoms with Gasteiger partial charge in [0.15, 0.2) is 0 Å². The van der Waals surface area contributed by atoms with Crippen LogP contribution < -0.4 is 15.1 Å². The van der Waals surface area contributed by atoms with Gasteiger partial charge in [-0.3, -0.25) is 4.79 Å². The van der Waals surface area contributed by atoms with E-state index in [1.165, 1.54) is 6.42 Å². The molecule has 0 radical (unpaired) electrons. The van der Waals surface area contributed by atoms with Gasteiger partial charge >= 0.3 is 13.2 Å². The molecule has 0 spiro atoms. The largest absolute Gasteiger partial charge is 0.673 e. The van der Waals surface area contributed by atoms with Crippen molar-refractivity contribution in [3.63, 3.8) is 0 Å². The monoisotopic (exact) mass is 525 g/mol. The van der Waals surface area contributed by atoms with E-state index in [1.54, 1.807) is 0 Å². The van der Waals surface area contributed by atoms with Gasteiger partial charge < -0.3 is 26.4 Å². The summed E-state index contributed by atoms with van der Waals surface area (Å²) in [4.78, 5) is 16.0. The van der Waals surface area contributed by atoms with Crippen LogP contribution in [0.5, 0.6) is 5.75 Å². The summed E-state index contributed by atoms with van der Waals surface area (Å²) >= 11 is 0. The molecular weight excluding hydrogens is 497 g/mol. The quantitative estimate of drug-likeness (QED) is 0.143. The second-order valence-corrected chi connectivity index (χ2v) is 9.29. The molecule has 4 nitrogen and oxygen atoms in total. The minimum Gasteiger partial charge on any atom is -0.456 e. The number of rotatable bonds is 4. The molecule has 1 N–H and O–H groups in total. The maximum atomic E-state index is 12.4. The van der Waals surface area contributed by atoms with Crippen molar-refractivity contribution in [1.29, 1.82) is 0 Å². The molecular formula is C29H28BF4NO3. The van der Waals surface area contributed by atoms with Crippen molar-refractivity contribution in [2.45, 2.75) is 39.0 Å². The standard InChI is InChI=1S/C29H27NO3.BF4/c1-20-12-17-27-25(18-20)26(19-28(33-27)21-8-4-2-5-9-21)30-23-13-15-24(16-14-23)32-29(31)22-10-6-3-7-11-22;2-1(3,4)5/h2,4-5,8-9,12-19,22H,3,6-7,10-11H2,1H3;/q;-1/p+1. The molecule has 0 atom stereocenters. The van der Waals surface area contributed by atoms with Gasteiger partial charge in [-0.05, 0) is 44.0 Å². The first-order valence-corrected chi connectivity index (χ1v) is 12.5. The van der Waals surface area contributed by atoms with Gasteiger partial charge in [-0.15, -0.1) is 0 Å². The predicted molar refractivity (Wildman–Crippen MR) is 139 cm³/mol. The number of benzene rings is 3. The van der Waals surface area contributed by atoms with Crippen LogP contribution in [0.1, 0.15) is 37.7 Å². The van der Waals surface area contributed by atoms with Crippen molar-refractivity contribution in [3.8, 4) is 17.1 Å². The van der Waals surface area contributed by atoms with Crippen LogP contribution in [0.3, 0.4) is 0 Å². The number of hydrogen-bond donors (Lipinski definition) is 1. The molecule has 198 valence electrons. The Labute approximate surface area is 218 Å². The van der Waals surface area contributed by atoms with Gasteiger partial charge in [-0.2, -0.15) is 0 Å². The Balaban J connectivity index is 0.000000617. The highest BCUT2D eigenvalue weighted by Gasteiger charge is 2.23. The Kier molecular flexibility index (Phi) is 8.66. The summed E-state index contributed by atoms with van der Waals surface area (Å²) in [7, 11) is -6.00. The van der Waals surface area contributed by atoms with E-state index >= 15 is 0 Å². The summed E-state index contributed by atoms with van der Waals surface area (Å²) in [6.07, 6.45) is 5.33. The Bertz CT molecular complexity index is 1440. The van der Waals surface area contributed by atoms with E-state index < -0.39 is 7.25 Å². The van der Waals surface area contributed by atoms with Gasteiger partial charge in [0.2, 0.25) is 11.0 Å². The summed E-state index contributed by atoms with van der Waals surface area (Å²) < 4.78 is 50.8. The summed E-state index contributed by atoms with van der Waals surface area (Å²) in [5.41, 5.74) is 3.93. The molecule has 3 aromatic carbocycles. The van der Waals surface area contributed by atoms with E-state index in [2.05, 4.69) is 24.0 Å². The van der Waals surface area contributed by atoms with Crippen LogP contribution in [-0.4, -0.2) is 13.2 Å². The number of esters is 1. The fraction of sp³-hybridized carbons (Fsp3) is 0.241. The van der Waals surface area contributed by atoms with Gasteiger partial charge in [0.25, 0.3) is 0 Å². The summed E-state index contributed by atoms with van der Waals surface area (Å²) in [5, 5.41) is 1.98. The highest BCUT2D eigenvalue weighted by Crippen LogP contribution is 2.26. The topological polar surface area (TPSA) is 53.4 Å². The van der Waals surface area contributed by atoms with Crippen molar-refractivity contribution in [1.82, 2.24) is 0 Å². The first kappa shape index (κ1) is 27.2. The molecule has 5 rings (SSSR count). The third kappa shape index (κ3) is 7.81. The molecule has 4 aromatic rings. The normalized spacial score (nSPS) is 14.6. The van der Waals surface area contributed by atoms with Gasteiger partial charge in [-0.25, -0.2) is 4.99 Å². The van der Waals surface area contributed by atoms with Crippen LogP contribution in [0.2, 0.25) is 0 Å². The number of hydrogen-bond acceptors (Lipinski definition) is 3. The van der Waals surface area contributed by atoms with Crippen LogP contribution in [0.25, 0.3) is 22.3 Å². The van der Waals surface area contributed by atoms with Crippen molar-refractivity contribution in [2.75, 3.05) is 0 Å². The zero-order valence-corrected chi connectivity index (χ0v) is 20.9. The fourth-order valence-corrected chi connectivity index (χ4v) is 4.45. The van der Waals surface area contributed by atoms with Gasteiger partial charge in [0, 0.05) is 17.7 Å². The Morgan fingerprint density at radius 3 is 2.21 bits per heavy atom. The highest BCUT2D eigenvalue weighted by molar-refractivity contribution is 6.50. The van der Waals surface area contributed by atoms with E-state index in [9.17, 15) is 22.1 Å². The van der Waals surface area contributed by atoms with Crippen molar-refractivity contribution >= 4 is 29.9 Å². The van der Waals surface area contributed by atoms with Gasteiger partial charge in [0.1, 0.15) is 17.1 Å². The molecule has 1 saturated carbocycles. The number of halogens is 4. The van der Waals surface area contributed by atoms with E-state index in [4.69, 9.17) is 9.15 Å². The van der Waals surface area contributed by atoms with Crippen LogP contribution in [0, 0.1) is 12.8 Å². The number of carbonyl (C=O) groups is 1. The molecule has 0 amide bonds. The molecule has 1 fully saturated rings. The maximum Gasteiger partial charge on any atom is 0.673 e. The molecule has 0 bridgehead atoms. The Morgan fingerprint density at radius 2 is 1.55 bits per heavy atom. The second kappa shape index (κ2) is 12.1. The molecule has 0 saturated heterocycles. The minimum absolute atomic E-state index is 0.0376. The fourth-order valence-electron chi connectivity index (χ4n) is 4.45. The van der Waals surface area contributed by atoms with Crippen LogP contribution in [0.15, 0.2) is 83.3 Å². The first-order valence-electron chi connectivity index (χ1n) is 12.5. The lowest BCUT2D eigenvalue weighted by molar-refractivity contribution is -0.400. The molecule has 1 heterocycles. The van der Waals surface area contributed by atoms with Crippen molar-refractivity contribution in [2.24, 2.45) is 5.92 Å². The molecule has 1 aliphatic carbocycles. The number of carbonyl (C=O) groups excluding carboxylic acids is 1. The maximum absolute atomic E-state index is 12.4. The summed E-state index contributed by atoms with van der Waals surface area (Å²) in [6, 6.07) is 25.9. The zero-order chi connectivity index (χ0) is 27.1. The predicted octanol–water partition coefficient (Wildman–Crippen LogP) is 6.51. The van der Waals surface area contributed by atoms with Crippen LogP contribution in [-0.2, 0) is 4.79 Å². The Hall–Kier alpha value is -3.88. The van der Waals surface area contributed by atoms with Crippen LogP contribution >= 0.6 is 0 Å². The number of fused-ring (bicyclic) bond motifs is 1. The lowest BCUT2D eigenvalue weighted by Crippen LogP contribution is -2.70. The van der Waals surface area contributed by atoms with E-state index in [-0.39, 0.29) is 11.9 Å². The molecule has 0 unspecified atom stereocenters. The number of ether oxygens (including phenoxy) is 1. The Morgan fingerprint density at radius 1 is 0.895 bits per heavy atom. The molecule has 38 heavy (non-hydrogen) atoms. The van der Waals surface area contributed by atoms with E-state index in [0.717, 1.165) is 64.6 Å². The third-order valence-electron chi connectivity index (χ3n) is 6.27. The lowest BCUT2D eigenvalue weighted by atomic mass is 9.89. The third-order valence-corrected chi connectivity index (χ3v) is 6.27. The molecule has 1 aliphatic rings. The summed E-state index contributed by atoms with van der Waals surface area (Å²) in [5.74, 6) is 1.32. The highest BCUT2D eigenvalue weighted by atomic mass is 19.5. The second-order valence-electron chi connectivity index (χ2n) is 9.29. The lowest BCUT2D eigenvalue weighted by Gasteiger charge is -2.19. The zero-order valence-electron chi connectivity index (χ0n) is 20.9. The van der Waals surface area contributed by atoms with Crippen molar-refractivity contribution in [3.05, 3.63) is 89.8 Å².